The van der Waals surface area contributed by atoms with Crippen molar-refractivity contribution in [2.75, 3.05) is 39.6 Å². The summed E-state index contributed by atoms with van der Waals surface area (Å²) in [6.45, 7) is 7.30. The van der Waals surface area contributed by atoms with E-state index in [-0.39, 0.29) is 25.7 Å². The van der Waals surface area contributed by atoms with E-state index in [0.29, 0.717) is 25.7 Å². The maximum Gasteiger partial charge on any atom is 0.472 e. The van der Waals surface area contributed by atoms with Crippen molar-refractivity contribution in [1.29, 1.82) is 0 Å². The van der Waals surface area contributed by atoms with Crippen LogP contribution in [0.1, 0.15) is 388 Å². The van der Waals surface area contributed by atoms with Crippen LogP contribution in [0.3, 0.4) is 0 Å². The van der Waals surface area contributed by atoms with E-state index in [0.717, 1.165) is 109 Å². The third-order valence-electron chi connectivity index (χ3n) is 17.6. The zero-order valence-electron chi connectivity index (χ0n) is 60.4. The molecule has 552 valence electrons. The lowest BCUT2D eigenvalue weighted by Crippen LogP contribution is -2.30. The summed E-state index contributed by atoms with van der Waals surface area (Å²) in [4.78, 5) is 72.6. The Morgan fingerprint density at radius 1 is 0.301 bits per heavy atom. The molecule has 93 heavy (non-hydrogen) atoms. The lowest BCUT2D eigenvalue weighted by atomic mass is 9.99. The Morgan fingerprint density at radius 3 is 0.763 bits per heavy atom. The highest BCUT2D eigenvalue weighted by Crippen LogP contribution is 2.45. The molecule has 0 aromatic carbocycles. The molecule has 0 saturated heterocycles. The van der Waals surface area contributed by atoms with Gasteiger partial charge in [-0.25, -0.2) is 9.13 Å². The Balaban J connectivity index is 5.19. The second-order valence-electron chi connectivity index (χ2n) is 26.9. The molecule has 0 aliphatic carbocycles. The average molecular weight is 1370 g/mol. The number of unbranched alkanes of at least 4 members (excludes halogenated alkanes) is 45. The van der Waals surface area contributed by atoms with Crippen LogP contribution in [0.2, 0.25) is 0 Å². The number of phosphoric acid groups is 2. The molecular weight excluding hydrogens is 1220 g/mol. The van der Waals surface area contributed by atoms with Crippen LogP contribution in [0, 0.1) is 5.92 Å². The third kappa shape index (κ3) is 67.0. The topological polar surface area (TPSA) is 237 Å². The van der Waals surface area contributed by atoms with E-state index in [9.17, 15) is 43.2 Å². The Bertz CT molecular complexity index is 1790. The van der Waals surface area contributed by atoms with Gasteiger partial charge in [-0.2, -0.15) is 0 Å². The molecule has 17 nitrogen and oxygen atoms in total. The molecule has 3 N–H and O–H groups in total. The van der Waals surface area contributed by atoms with Gasteiger partial charge in [-0.15, -0.1) is 0 Å². The average Bonchev–Trinajstić information content (AvgIpc) is 3.62. The van der Waals surface area contributed by atoms with E-state index < -0.39 is 97.5 Å². The molecule has 0 saturated carbocycles. The van der Waals surface area contributed by atoms with E-state index in [1.165, 1.54) is 199 Å². The number of carbonyl (C=O) groups is 4. The predicted molar refractivity (Wildman–Crippen MR) is 377 cm³/mol. The van der Waals surface area contributed by atoms with Crippen molar-refractivity contribution in [1.82, 2.24) is 0 Å². The SMILES string of the molecule is CCCCCCCCCCCCCCCCCCC(=O)OC[C@H](COP(=O)(O)OC[C@@H](O)COP(=O)(O)OC[C@@H](COC(=O)CCCCCCCCC)OC(=O)CCCCCCCCCCCCCC)OC(=O)CCCCCCCCCCCCCCCCC(C)CC. The van der Waals surface area contributed by atoms with Gasteiger partial charge in [0.2, 0.25) is 0 Å². The van der Waals surface area contributed by atoms with Crippen molar-refractivity contribution < 1.29 is 80.2 Å². The Morgan fingerprint density at radius 2 is 0.516 bits per heavy atom. The first-order chi connectivity index (χ1) is 45.1. The Labute approximate surface area is 568 Å². The largest absolute Gasteiger partial charge is 0.472 e. The summed E-state index contributed by atoms with van der Waals surface area (Å²) in [6, 6.07) is 0. The number of rotatable bonds is 74. The standard InChI is InChI=1S/C74H144O17P2/c1-6-10-13-16-19-21-23-25-26-27-31-35-38-43-48-53-58-72(77)85-64-70(91-74(79)60-55-50-45-40-36-32-29-28-30-33-37-42-46-51-56-67(5)9-4)66-89-93(82,83)87-62-68(75)61-86-92(80,81)88-65-69(63-84-71(76)57-52-47-41-18-15-12-8-3)90-73(78)59-54-49-44-39-34-24-22-20-17-14-11-7-2/h67-70,75H,6-66H2,1-5H3,(H,80,81)(H,82,83)/t67?,68-,69+,70+/m0/s1. The van der Waals surface area contributed by atoms with Crippen molar-refractivity contribution >= 4 is 39.5 Å². The summed E-state index contributed by atoms with van der Waals surface area (Å²) in [5.41, 5.74) is 0. The lowest BCUT2D eigenvalue weighted by Gasteiger charge is -2.21. The van der Waals surface area contributed by atoms with Crippen LogP contribution < -0.4 is 0 Å². The van der Waals surface area contributed by atoms with Gasteiger partial charge < -0.3 is 33.8 Å². The number of ether oxygens (including phenoxy) is 4. The van der Waals surface area contributed by atoms with E-state index >= 15 is 0 Å². The maximum atomic E-state index is 13.1. The molecule has 0 aromatic heterocycles. The number of hydrogen-bond acceptors (Lipinski definition) is 15. The molecule has 0 aliphatic heterocycles. The highest BCUT2D eigenvalue weighted by atomic mass is 31.2. The molecule has 19 heteroatoms. The van der Waals surface area contributed by atoms with Crippen LogP contribution in [0.25, 0.3) is 0 Å². The normalized spacial score (nSPS) is 14.3. The molecule has 6 atom stereocenters. The molecule has 0 spiro atoms. The van der Waals surface area contributed by atoms with Gasteiger partial charge in [-0.05, 0) is 31.6 Å². The van der Waals surface area contributed by atoms with Crippen LogP contribution in [-0.2, 0) is 65.4 Å². The summed E-state index contributed by atoms with van der Waals surface area (Å²) in [5.74, 6) is -1.27. The molecule has 0 fully saturated rings. The molecule has 3 unspecified atom stereocenters. The quantitative estimate of drug-likeness (QED) is 0.0222. The van der Waals surface area contributed by atoms with Crippen molar-refractivity contribution in [3.63, 3.8) is 0 Å². The smallest absolute Gasteiger partial charge is 0.462 e. The van der Waals surface area contributed by atoms with Gasteiger partial charge in [-0.1, -0.05) is 336 Å². The van der Waals surface area contributed by atoms with E-state index in [4.69, 9.17) is 37.0 Å². The summed E-state index contributed by atoms with van der Waals surface area (Å²) in [5, 5.41) is 10.6. The first-order valence-corrected chi connectivity index (χ1v) is 41.7. The number of phosphoric ester groups is 2. The van der Waals surface area contributed by atoms with Crippen LogP contribution in [-0.4, -0.2) is 96.7 Å². The number of hydrogen-bond donors (Lipinski definition) is 3. The van der Waals surface area contributed by atoms with Crippen LogP contribution in [0.15, 0.2) is 0 Å². The monoisotopic (exact) mass is 1370 g/mol. The fourth-order valence-electron chi connectivity index (χ4n) is 11.3. The second kappa shape index (κ2) is 67.3. The van der Waals surface area contributed by atoms with Gasteiger partial charge in [0.25, 0.3) is 0 Å². The highest BCUT2D eigenvalue weighted by Gasteiger charge is 2.30. The number of aliphatic hydroxyl groups is 1. The molecule has 0 aromatic rings. The first kappa shape index (κ1) is 91.1. The van der Waals surface area contributed by atoms with Crippen LogP contribution in [0.5, 0.6) is 0 Å². The summed E-state index contributed by atoms with van der Waals surface area (Å²) < 4.78 is 68.3. The molecular formula is C74H144O17P2. The molecule has 0 radical (unpaired) electrons. The van der Waals surface area contributed by atoms with Crippen molar-refractivity contribution in [3.05, 3.63) is 0 Å². The molecule has 0 heterocycles. The molecule has 0 rings (SSSR count). The van der Waals surface area contributed by atoms with Crippen molar-refractivity contribution in [2.24, 2.45) is 5.92 Å². The van der Waals surface area contributed by atoms with Gasteiger partial charge in [0.15, 0.2) is 12.2 Å². The minimum Gasteiger partial charge on any atom is -0.462 e. The summed E-state index contributed by atoms with van der Waals surface area (Å²) >= 11 is 0. The lowest BCUT2D eigenvalue weighted by molar-refractivity contribution is -0.161. The Hall–Kier alpha value is -1.94. The van der Waals surface area contributed by atoms with Crippen LogP contribution >= 0.6 is 15.6 Å². The van der Waals surface area contributed by atoms with E-state index in [1.807, 2.05) is 0 Å². The third-order valence-corrected chi connectivity index (χ3v) is 19.5. The fraction of sp³-hybridized carbons (Fsp3) is 0.946. The van der Waals surface area contributed by atoms with E-state index in [2.05, 4.69) is 34.6 Å². The zero-order chi connectivity index (χ0) is 68.4. The highest BCUT2D eigenvalue weighted by molar-refractivity contribution is 7.47. The Kier molecular flexibility index (Phi) is 65.9. The minimum atomic E-state index is -4.95. The number of aliphatic hydroxyl groups excluding tert-OH is 1. The summed E-state index contributed by atoms with van der Waals surface area (Å²) in [6.07, 6.45) is 55.5. The fourth-order valence-corrected chi connectivity index (χ4v) is 12.9. The number of carbonyl (C=O) groups excluding carboxylic acids is 4. The van der Waals surface area contributed by atoms with Crippen molar-refractivity contribution in [3.8, 4) is 0 Å². The van der Waals surface area contributed by atoms with E-state index in [1.54, 1.807) is 0 Å². The zero-order valence-corrected chi connectivity index (χ0v) is 62.2. The number of esters is 4. The maximum absolute atomic E-state index is 13.1. The minimum absolute atomic E-state index is 0.107. The molecule has 0 bridgehead atoms. The molecule has 0 aliphatic rings. The van der Waals surface area contributed by atoms with Gasteiger partial charge in [0.1, 0.15) is 19.3 Å². The van der Waals surface area contributed by atoms with Gasteiger partial charge in [-0.3, -0.25) is 37.3 Å². The van der Waals surface area contributed by atoms with Gasteiger partial charge in [0.05, 0.1) is 26.4 Å². The summed E-state index contributed by atoms with van der Waals surface area (Å²) in [7, 11) is -9.90. The predicted octanol–water partition coefficient (Wildman–Crippen LogP) is 21.7. The van der Waals surface area contributed by atoms with Gasteiger partial charge in [0, 0.05) is 25.7 Å². The van der Waals surface area contributed by atoms with Crippen LogP contribution in [0.4, 0.5) is 0 Å². The second-order valence-corrected chi connectivity index (χ2v) is 29.8. The van der Waals surface area contributed by atoms with Crippen molar-refractivity contribution in [2.45, 2.75) is 406 Å². The molecule has 0 amide bonds. The first-order valence-electron chi connectivity index (χ1n) is 38.7. The van der Waals surface area contributed by atoms with Gasteiger partial charge >= 0.3 is 39.5 Å².